The minimum Gasteiger partial charge on any atom is -0.344 e. The number of allylic oxidation sites excluding steroid dienone is 1. The van der Waals surface area contributed by atoms with Crippen LogP contribution in [0.2, 0.25) is 0 Å². The van der Waals surface area contributed by atoms with Gasteiger partial charge in [0.2, 0.25) is 0 Å². The summed E-state index contributed by atoms with van der Waals surface area (Å²) in [5.74, 6) is 2.10. The first-order valence-corrected chi connectivity index (χ1v) is 11.0. The summed E-state index contributed by atoms with van der Waals surface area (Å²) in [5, 5.41) is 10.1. The maximum Gasteiger partial charge on any atom is 0.130 e. The van der Waals surface area contributed by atoms with Crippen LogP contribution in [0, 0.1) is 11.8 Å². The molecule has 0 aliphatic carbocycles. The molecule has 1 N–H and O–H groups in total. The molecule has 5 heteroatoms. The molecule has 0 bridgehead atoms. The quantitative estimate of drug-likeness (QED) is 0.605. The minimum atomic E-state index is 0.501. The van der Waals surface area contributed by atoms with E-state index in [1.54, 1.807) is 0 Å². The van der Waals surface area contributed by atoms with Crippen LogP contribution in [0.5, 0.6) is 0 Å². The molecule has 0 amide bonds. The lowest BCUT2D eigenvalue weighted by Crippen LogP contribution is -2.29. The topological polar surface area (TPSA) is 46.0 Å². The zero-order valence-corrected chi connectivity index (χ0v) is 18.4. The highest BCUT2D eigenvalue weighted by Gasteiger charge is 2.20. The second kappa shape index (κ2) is 9.00. The molecular weight excluding hydrogens is 370 g/mol. The highest BCUT2D eigenvalue weighted by molar-refractivity contribution is 5.88. The Bertz CT molecular complexity index is 1020. The van der Waals surface area contributed by atoms with Crippen molar-refractivity contribution in [1.82, 2.24) is 19.7 Å². The number of hydrogen-bond acceptors (Lipinski definition) is 4. The molecule has 1 fully saturated rings. The molecule has 1 atom stereocenters. The number of nitrogens with zero attached hydrogens (tertiary/aromatic N) is 4. The molecule has 0 radical (unpaired) electrons. The van der Waals surface area contributed by atoms with Gasteiger partial charge in [0.05, 0.1) is 6.20 Å². The predicted octanol–water partition coefficient (Wildman–Crippen LogP) is 5.32. The molecule has 1 aliphatic rings. The largest absolute Gasteiger partial charge is 0.344 e. The fourth-order valence-electron chi connectivity index (χ4n) is 4.43. The zero-order chi connectivity index (χ0) is 21.1. The van der Waals surface area contributed by atoms with Crippen molar-refractivity contribution in [2.75, 3.05) is 25.0 Å². The molecule has 0 saturated carbocycles. The fraction of sp³-hybridized carbons (Fsp3) is 0.440. The van der Waals surface area contributed by atoms with Gasteiger partial charge in [0, 0.05) is 42.6 Å². The van der Waals surface area contributed by atoms with Gasteiger partial charge < -0.3 is 10.2 Å². The predicted molar refractivity (Wildman–Crippen MR) is 125 cm³/mol. The Morgan fingerprint density at radius 3 is 2.77 bits per heavy atom. The maximum atomic E-state index is 4.63. The number of anilines is 1. The number of aryl methyl sites for hydroxylation is 1. The summed E-state index contributed by atoms with van der Waals surface area (Å²) >= 11 is 0. The average Bonchev–Trinajstić information content (AvgIpc) is 3.01. The van der Waals surface area contributed by atoms with Crippen LogP contribution in [0.3, 0.4) is 0 Å². The summed E-state index contributed by atoms with van der Waals surface area (Å²) in [6.07, 6.45) is 9.47. The summed E-state index contributed by atoms with van der Waals surface area (Å²) < 4.78 is 1.83. The second-order valence-electron chi connectivity index (χ2n) is 9.01. The number of rotatable bonds is 6. The number of pyridine rings is 1. The van der Waals surface area contributed by atoms with Crippen LogP contribution < -0.4 is 5.32 Å². The van der Waals surface area contributed by atoms with Crippen LogP contribution in [0.15, 0.2) is 55.1 Å². The van der Waals surface area contributed by atoms with E-state index in [-0.39, 0.29) is 0 Å². The highest BCUT2D eigenvalue weighted by atomic mass is 15.2. The first kappa shape index (κ1) is 20.6. The van der Waals surface area contributed by atoms with Gasteiger partial charge in [-0.15, -0.1) is 0 Å². The number of nitrogens with one attached hydrogen (secondary N) is 1. The van der Waals surface area contributed by atoms with E-state index in [4.69, 9.17) is 0 Å². The van der Waals surface area contributed by atoms with Crippen LogP contribution in [0.1, 0.15) is 33.1 Å². The normalized spacial score (nSPS) is 17.9. The first-order chi connectivity index (χ1) is 14.5. The molecule has 1 saturated heterocycles. The number of fused-ring (bicyclic) bond motifs is 1. The Morgan fingerprint density at radius 2 is 2.00 bits per heavy atom. The van der Waals surface area contributed by atoms with Crippen molar-refractivity contribution in [3.63, 3.8) is 0 Å². The van der Waals surface area contributed by atoms with E-state index in [1.165, 1.54) is 36.9 Å². The van der Waals surface area contributed by atoms with Crippen molar-refractivity contribution in [2.24, 2.45) is 18.9 Å². The Morgan fingerprint density at radius 1 is 1.13 bits per heavy atom. The monoisotopic (exact) mass is 403 g/mol. The molecule has 3 heterocycles. The summed E-state index contributed by atoms with van der Waals surface area (Å²) in [4.78, 5) is 7.23. The first-order valence-electron chi connectivity index (χ1n) is 11.0. The summed E-state index contributed by atoms with van der Waals surface area (Å²) in [5.41, 5.74) is 3.39. The Labute approximate surface area is 179 Å². The third-order valence-electron chi connectivity index (χ3n) is 5.99. The maximum absolute atomic E-state index is 4.63. The van der Waals surface area contributed by atoms with Gasteiger partial charge in [0.15, 0.2) is 0 Å². The molecule has 5 nitrogen and oxygen atoms in total. The van der Waals surface area contributed by atoms with Gasteiger partial charge in [0.25, 0.3) is 0 Å². The molecule has 1 aliphatic heterocycles. The second-order valence-corrected chi connectivity index (χ2v) is 9.01. The summed E-state index contributed by atoms with van der Waals surface area (Å²) in [7, 11) is 1.94. The molecule has 2 aromatic heterocycles. The van der Waals surface area contributed by atoms with Crippen molar-refractivity contribution in [3.05, 3.63) is 55.1 Å². The van der Waals surface area contributed by atoms with Gasteiger partial charge >= 0.3 is 0 Å². The van der Waals surface area contributed by atoms with E-state index < -0.39 is 0 Å². The molecule has 0 spiro atoms. The van der Waals surface area contributed by atoms with Gasteiger partial charge in [-0.1, -0.05) is 32.6 Å². The van der Waals surface area contributed by atoms with E-state index in [2.05, 4.69) is 65.0 Å². The van der Waals surface area contributed by atoms with Gasteiger partial charge in [0.1, 0.15) is 5.82 Å². The van der Waals surface area contributed by atoms with Gasteiger partial charge in [-0.05, 0) is 67.3 Å². The van der Waals surface area contributed by atoms with E-state index in [1.807, 2.05) is 30.3 Å². The SMILES string of the molecule is C=C(Nc1cc2cc(-c3cnn(C)c3)ccc2cn1)C1CCCN(CC(C)C)CC1. The van der Waals surface area contributed by atoms with E-state index >= 15 is 0 Å². The number of hydrogen-bond donors (Lipinski definition) is 1. The number of aromatic nitrogens is 3. The van der Waals surface area contributed by atoms with Crippen LogP contribution in [0.25, 0.3) is 21.9 Å². The Kier molecular flexibility index (Phi) is 6.18. The third-order valence-corrected chi connectivity index (χ3v) is 5.99. The Hall–Kier alpha value is -2.66. The van der Waals surface area contributed by atoms with Crippen molar-refractivity contribution in [2.45, 2.75) is 33.1 Å². The lowest BCUT2D eigenvalue weighted by atomic mass is 9.97. The van der Waals surface area contributed by atoms with Crippen molar-refractivity contribution < 1.29 is 0 Å². The summed E-state index contributed by atoms with van der Waals surface area (Å²) in [6, 6.07) is 8.58. The van der Waals surface area contributed by atoms with Crippen molar-refractivity contribution in [1.29, 1.82) is 0 Å². The molecule has 30 heavy (non-hydrogen) atoms. The lowest BCUT2D eigenvalue weighted by Gasteiger charge is -2.22. The smallest absolute Gasteiger partial charge is 0.130 e. The molecule has 158 valence electrons. The molecule has 4 rings (SSSR count). The van der Waals surface area contributed by atoms with Crippen LogP contribution >= 0.6 is 0 Å². The van der Waals surface area contributed by atoms with E-state index in [0.717, 1.165) is 41.3 Å². The Balaban J connectivity index is 1.46. The highest BCUT2D eigenvalue weighted by Crippen LogP contribution is 2.28. The van der Waals surface area contributed by atoms with Crippen LogP contribution in [0.4, 0.5) is 5.82 Å². The molecule has 1 aromatic carbocycles. The standard InChI is InChI=1S/C25H33N5/c1-18(2)16-30-10-5-6-20(9-11-30)19(3)28-25-13-23-12-21(7-8-22(23)14-26-25)24-15-27-29(4)17-24/h7-8,12-15,17-18,20H,3,5-6,9-11,16H2,1-2,4H3,(H,26,28). The zero-order valence-electron chi connectivity index (χ0n) is 18.4. The number of benzene rings is 1. The third kappa shape index (κ3) is 4.90. The minimum absolute atomic E-state index is 0.501. The van der Waals surface area contributed by atoms with Crippen LogP contribution in [-0.4, -0.2) is 39.3 Å². The molecular formula is C25H33N5. The number of likely N-dealkylation sites (tertiary alicyclic amines) is 1. The van der Waals surface area contributed by atoms with Gasteiger partial charge in [-0.3, -0.25) is 4.68 Å². The molecule has 3 aromatic rings. The van der Waals surface area contributed by atoms with Gasteiger partial charge in [-0.2, -0.15) is 5.10 Å². The van der Waals surface area contributed by atoms with Crippen LogP contribution in [-0.2, 0) is 7.05 Å². The average molecular weight is 404 g/mol. The summed E-state index contributed by atoms with van der Waals surface area (Å²) in [6.45, 7) is 12.5. The lowest BCUT2D eigenvalue weighted by molar-refractivity contribution is 0.252. The molecule has 1 unspecified atom stereocenters. The van der Waals surface area contributed by atoms with Crippen molar-refractivity contribution >= 4 is 16.6 Å². The fourth-order valence-corrected chi connectivity index (χ4v) is 4.43. The van der Waals surface area contributed by atoms with Crippen molar-refractivity contribution in [3.8, 4) is 11.1 Å². The van der Waals surface area contributed by atoms with E-state index in [9.17, 15) is 0 Å². The van der Waals surface area contributed by atoms with Gasteiger partial charge in [-0.25, -0.2) is 4.98 Å². The van der Waals surface area contributed by atoms with E-state index in [0.29, 0.717) is 5.92 Å².